The zero-order valence-electron chi connectivity index (χ0n) is 24.7. The Morgan fingerprint density at radius 2 is 1.93 bits per heavy atom. The average Bonchev–Trinajstić information content (AvgIpc) is 3.24. The summed E-state index contributed by atoms with van der Waals surface area (Å²) in [6.45, 7) is 13.4. The SMILES string of the molecule is C=CCc1cc(C=c2sc3n(c2=O)C(c2ccc(OC(C)C)c(OC)c2)C(C(=O)OCC)=C(C)N=3)cc(OCC)c1O. The second-order valence-corrected chi connectivity index (χ2v) is 10.8. The number of ether oxygens (including phenoxy) is 4. The molecule has 1 aliphatic rings. The van der Waals surface area contributed by atoms with Crippen LogP contribution < -0.4 is 29.1 Å². The van der Waals surface area contributed by atoms with Crippen LogP contribution in [0.2, 0.25) is 0 Å². The number of fused-ring (bicyclic) bond motifs is 1. The molecule has 0 saturated heterocycles. The van der Waals surface area contributed by atoms with Gasteiger partial charge in [0.25, 0.3) is 5.56 Å². The highest BCUT2D eigenvalue weighted by Gasteiger charge is 2.34. The van der Waals surface area contributed by atoms with Gasteiger partial charge in [-0.1, -0.05) is 23.5 Å². The minimum atomic E-state index is -0.806. The van der Waals surface area contributed by atoms with Crippen molar-refractivity contribution >= 4 is 23.4 Å². The molecule has 0 aliphatic carbocycles. The summed E-state index contributed by atoms with van der Waals surface area (Å²) in [5.41, 5.74) is 2.36. The minimum absolute atomic E-state index is 0.0453. The van der Waals surface area contributed by atoms with Crippen molar-refractivity contribution in [3.8, 4) is 23.0 Å². The van der Waals surface area contributed by atoms with E-state index in [0.717, 1.165) is 0 Å². The first-order chi connectivity index (χ1) is 20.1. The monoisotopic (exact) mass is 592 g/mol. The molecule has 2 heterocycles. The number of carbonyl (C=O) groups excluding carboxylic acids is 1. The third-order valence-electron chi connectivity index (χ3n) is 6.52. The summed E-state index contributed by atoms with van der Waals surface area (Å²) in [5, 5.41) is 10.6. The Kier molecular flexibility index (Phi) is 9.57. The van der Waals surface area contributed by atoms with Crippen LogP contribution in [0.4, 0.5) is 0 Å². The lowest BCUT2D eigenvalue weighted by atomic mass is 9.95. The molecule has 1 atom stereocenters. The molecule has 1 N–H and O–H groups in total. The van der Waals surface area contributed by atoms with Gasteiger partial charge in [0.1, 0.15) is 0 Å². The molecule has 1 aromatic heterocycles. The fraction of sp³-hybridized carbons (Fsp3) is 0.344. The molecular formula is C32H36N2O7S. The third-order valence-corrected chi connectivity index (χ3v) is 7.50. The molecule has 0 radical (unpaired) electrons. The first kappa shape index (κ1) is 30.6. The number of aromatic nitrogens is 1. The van der Waals surface area contributed by atoms with E-state index >= 15 is 0 Å². The van der Waals surface area contributed by atoms with Gasteiger partial charge in [0.15, 0.2) is 27.8 Å². The second kappa shape index (κ2) is 13.1. The molecule has 1 unspecified atom stereocenters. The number of nitrogens with zero attached hydrogens (tertiary/aromatic N) is 2. The summed E-state index contributed by atoms with van der Waals surface area (Å²) < 4.78 is 24.5. The Balaban J connectivity index is 1.95. The number of hydrogen-bond acceptors (Lipinski definition) is 9. The minimum Gasteiger partial charge on any atom is -0.504 e. The summed E-state index contributed by atoms with van der Waals surface area (Å²) >= 11 is 1.21. The number of esters is 1. The average molecular weight is 593 g/mol. The summed E-state index contributed by atoms with van der Waals surface area (Å²) in [4.78, 5) is 32.4. The van der Waals surface area contributed by atoms with E-state index in [9.17, 15) is 14.7 Å². The lowest BCUT2D eigenvalue weighted by molar-refractivity contribution is -0.139. The van der Waals surface area contributed by atoms with Gasteiger partial charge in [-0.2, -0.15) is 0 Å². The normalized spacial score (nSPS) is 14.8. The lowest BCUT2D eigenvalue weighted by Gasteiger charge is -2.25. The Labute approximate surface area is 248 Å². The predicted molar refractivity (Wildman–Crippen MR) is 162 cm³/mol. The summed E-state index contributed by atoms with van der Waals surface area (Å²) in [6, 6.07) is 8.04. The van der Waals surface area contributed by atoms with E-state index in [4.69, 9.17) is 18.9 Å². The maximum absolute atomic E-state index is 14.0. The number of phenols is 1. The smallest absolute Gasteiger partial charge is 0.338 e. The fourth-order valence-corrected chi connectivity index (χ4v) is 5.86. The number of benzene rings is 2. The third kappa shape index (κ3) is 6.13. The van der Waals surface area contributed by atoms with Crippen molar-refractivity contribution in [2.45, 2.75) is 53.2 Å². The quantitative estimate of drug-likeness (QED) is 0.259. The Morgan fingerprint density at radius 3 is 2.57 bits per heavy atom. The Hall–Kier alpha value is -4.31. The van der Waals surface area contributed by atoms with Crippen LogP contribution >= 0.6 is 11.3 Å². The van der Waals surface area contributed by atoms with Gasteiger partial charge in [-0.15, -0.1) is 6.58 Å². The van der Waals surface area contributed by atoms with Gasteiger partial charge in [-0.25, -0.2) is 9.79 Å². The van der Waals surface area contributed by atoms with E-state index in [1.165, 1.54) is 15.9 Å². The van der Waals surface area contributed by atoms with Crippen molar-refractivity contribution in [2.24, 2.45) is 4.99 Å². The number of hydrogen-bond donors (Lipinski definition) is 1. The van der Waals surface area contributed by atoms with E-state index in [0.29, 0.717) is 62.0 Å². The number of thiazole rings is 1. The standard InChI is InChI=1S/C32H36N2O7S/c1-8-11-22-14-20(15-25(29(22)35)39-9-2)16-26-30(36)34-28(21-12-13-23(41-18(4)5)24(17-21)38-7)27(31(37)40-10-3)19(6)33-32(34)42-26/h8,12-18,28,35H,1,9-11H2,2-7H3. The van der Waals surface area contributed by atoms with Crippen LogP contribution in [0.15, 0.2) is 64.0 Å². The van der Waals surface area contributed by atoms with E-state index in [2.05, 4.69) is 11.6 Å². The highest BCUT2D eigenvalue weighted by atomic mass is 32.1. The van der Waals surface area contributed by atoms with E-state index in [1.807, 2.05) is 26.8 Å². The van der Waals surface area contributed by atoms with Gasteiger partial charge in [0.05, 0.1) is 48.3 Å². The molecule has 1 aliphatic heterocycles. The van der Waals surface area contributed by atoms with Gasteiger partial charge in [0, 0.05) is 5.56 Å². The molecule has 0 saturated carbocycles. The number of rotatable bonds is 11. The van der Waals surface area contributed by atoms with Gasteiger partial charge >= 0.3 is 5.97 Å². The highest BCUT2D eigenvalue weighted by Crippen LogP contribution is 2.37. The van der Waals surface area contributed by atoms with E-state index < -0.39 is 12.0 Å². The Bertz CT molecular complexity index is 1720. The summed E-state index contributed by atoms with van der Waals surface area (Å²) in [6.07, 6.45) is 3.78. The van der Waals surface area contributed by atoms with Crippen LogP contribution in [0, 0.1) is 0 Å². The molecule has 2 aromatic carbocycles. The van der Waals surface area contributed by atoms with Crippen LogP contribution in [0.1, 0.15) is 57.4 Å². The molecule has 0 fully saturated rings. The van der Waals surface area contributed by atoms with E-state index in [1.54, 1.807) is 57.4 Å². The number of methoxy groups -OCH3 is 1. The van der Waals surface area contributed by atoms with Gasteiger partial charge in [-0.3, -0.25) is 9.36 Å². The molecule has 9 nitrogen and oxygen atoms in total. The molecule has 0 bridgehead atoms. The van der Waals surface area contributed by atoms with Crippen molar-refractivity contribution in [3.63, 3.8) is 0 Å². The summed E-state index contributed by atoms with van der Waals surface area (Å²) in [5.74, 6) is 0.848. The Morgan fingerprint density at radius 1 is 1.17 bits per heavy atom. The van der Waals surface area contributed by atoms with E-state index in [-0.39, 0.29) is 29.6 Å². The zero-order chi connectivity index (χ0) is 30.6. The molecule has 42 heavy (non-hydrogen) atoms. The molecular weight excluding hydrogens is 556 g/mol. The van der Waals surface area contributed by atoms with Crippen molar-refractivity contribution in [1.29, 1.82) is 0 Å². The number of aromatic hydroxyl groups is 1. The van der Waals surface area contributed by atoms with Crippen LogP contribution in [-0.2, 0) is 16.0 Å². The van der Waals surface area contributed by atoms with Gasteiger partial charge < -0.3 is 24.1 Å². The van der Waals surface area contributed by atoms with Crippen molar-refractivity contribution in [1.82, 2.24) is 4.57 Å². The van der Waals surface area contributed by atoms with Crippen molar-refractivity contribution in [3.05, 3.63) is 90.6 Å². The lowest BCUT2D eigenvalue weighted by Crippen LogP contribution is -2.40. The van der Waals surface area contributed by atoms with Gasteiger partial charge in [0.2, 0.25) is 0 Å². The maximum Gasteiger partial charge on any atom is 0.338 e. The van der Waals surface area contributed by atoms with Gasteiger partial charge in [-0.05, 0) is 82.5 Å². The highest BCUT2D eigenvalue weighted by molar-refractivity contribution is 7.07. The van der Waals surface area contributed by atoms with Crippen LogP contribution in [0.25, 0.3) is 6.08 Å². The molecule has 0 spiro atoms. The van der Waals surface area contributed by atoms with Crippen LogP contribution in [-0.4, -0.2) is 42.1 Å². The molecule has 4 rings (SSSR count). The number of phenolic OH excluding ortho intramolecular Hbond substituents is 1. The van der Waals surface area contributed by atoms with Crippen molar-refractivity contribution in [2.75, 3.05) is 20.3 Å². The van der Waals surface area contributed by atoms with Crippen molar-refractivity contribution < 1.29 is 28.8 Å². The maximum atomic E-state index is 14.0. The predicted octanol–water partition coefficient (Wildman–Crippen LogP) is 4.43. The first-order valence-corrected chi connectivity index (χ1v) is 14.6. The number of carbonyl (C=O) groups is 1. The first-order valence-electron chi connectivity index (χ1n) is 13.8. The largest absolute Gasteiger partial charge is 0.504 e. The molecule has 0 amide bonds. The molecule has 10 heteroatoms. The second-order valence-electron chi connectivity index (χ2n) is 9.83. The number of allylic oxidation sites excluding steroid dienone is 2. The van der Waals surface area contributed by atoms with Crippen LogP contribution in [0.3, 0.4) is 0 Å². The van der Waals surface area contributed by atoms with Crippen LogP contribution in [0.5, 0.6) is 23.0 Å². The topological polar surface area (TPSA) is 109 Å². The fourth-order valence-electron chi connectivity index (χ4n) is 4.81. The molecule has 222 valence electrons. The summed E-state index contributed by atoms with van der Waals surface area (Å²) in [7, 11) is 1.54. The zero-order valence-corrected chi connectivity index (χ0v) is 25.5. The molecule has 3 aromatic rings.